The number of aryl methyl sites for hydroxylation is 2. The van der Waals surface area contributed by atoms with Gasteiger partial charge in [-0.05, 0) is 44.0 Å². The Morgan fingerprint density at radius 2 is 1.89 bits per heavy atom. The minimum atomic E-state index is -0.592. The van der Waals surface area contributed by atoms with Gasteiger partial charge in [0.25, 0.3) is 0 Å². The first-order valence-corrected chi connectivity index (χ1v) is 5.58. The van der Waals surface area contributed by atoms with E-state index in [1.54, 1.807) is 0 Å². The number of nitrogens with two attached hydrogens (primary N) is 2. The first-order chi connectivity index (χ1) is 8.43. The van der Waals surface area contributed by atoms with Gasteiger partial charge >= 0.3 is 6.03 Å². The highest BCUT2D eigenvalue weighted by Gasteiger charge is 2.09. The Balaban J connectivity index is 2.97. The molecule has 0 aliphatic heterocycles. The second-order valence-corrected chi connectivity index (χ2v) is 3.83. The third kappa shape index (κ3) is 3.65. The summed E-state index contributed by atoms with van der Waals surface area (Å²) in [6.07, 6.45) is 0. The van der Waals surface area contributed by atoms with Crippen molar-refractivity contribution in [2.45, 2.75) is 20.8 Å². The first-order valence-electron chi connectivity index (χ1n) is 5.58. The van der Waals surface area contributed by atoms with E-state index in [-0.39, 0.29) is 5.96 Å². The van der Waals surface area contributed by atoms with Gasteiger partial charge in [0.1, 0.15) is 5.75 Å². The van der Waals surface area contributed by atoms with E-state index < -0.39 is 6.03 Å². The monoisotopic (exact) mass is 250 g/mol. The first kappa shape index (κ1) is 13.8. The maximum atomic E-state index is 11.4. The molecule has 0 bridgehead atoms. The lowest BCUT2D eigenvalue weighted by molar-refractivity contribution is 0.259. The molecular weight excluding hydrogens is 232 g/mol. The van der Waals surface area contributed by atoms with E-state index in [1.165, 1.54) is 0 Å². The minimum absolute atomic E-state index is 0.270. The Labute approximate surface area is 106 Å². The van der Waals surface area contributed by atoms with Gasteiger partial charge in [-0.15, -0.1) is 0 Å². The van der Waals surface area contributed by atoms with Gasteiger partial charge in [0.15, 0.2) is 5.96 Å². The molecule has 6 nitrogen and oxygen atoms in total. The molecule has 98 valence electrons. The van der Waals surface area contributed by atoms with Crippen LogP contribution in [-0.4, -0.2) is 18.6 Å². The maximum absolute atomic E-state index is 11.4. The summed E-state index contributed by atoms with van der Waals surface area (Å²) in [7, 11) is 0. The number of rotatable bonds is 3. The van der Waals surface area contributed by atoms with Crippen LogP contribution < -0.4 is 21.5 Å². The molecule has 6 heteroatoms. The third-order valence-corrected chi connectivity index (χ3v) is 2.28. The average Bonchev–Trinajstić information content (AvgIpc) is 2.23. The molecule has 0 spiro atoms. The lowest BCUT2D eigenvalue weighted by Crippen LogP contribution is -2.25. The molecule has 0 atom stereocenters. The van der Waals surface area contributed by atoms with Crippen LogP contribution in [0.3, 0.4) is 0 Å². The largest absolute Gasteiger partial charge is 0.494 e. The van der Waals surface area contributed by atoms with Gasteiger partial charge in [-0.1, -0.05) is 0 Å². The van der Waals surface area contributed by atoms with Gasteiger partial charge < -0.3 is 21.5 Å². The summed E-state index contributed by atoms with van der Waals surface area (Å²) in [5, 5.41) is 2.64. The number of ether oxygens (including phenoxy) is 1. The Bertz CT molecular complexity index is 456. The van der Waals surface area contributed by atoms with E-state index in [1.807, 2.05) is 32.9 Å². The molecule has 1 rings (SSSR count). The number of hydrogen-bond donors (Lipinski definition) is 3. The smallest absolute Gasteiger partial charge is 0.348 e. The number of carbonyl (C=O) groups excluding carboxylic acids is 1. The highest BCUT2D eigenvalue weighted by molar-refractivity contribution is 5.99. The molecule has 0 radical (unpaired) electrons. The summed E-state index contributed by atoms with van der Waals surface area (Å²) >= 11 is 0. The standard InChI is InChI=1S/C12H18N4O2/c1-4-18-9-5-7(2)10(8(3)6-9)15-12(17)16-11(13)14/h5-6H,4H2,1-3H3,(H5,13,14,15,16,17). The zero-order valence-corrected chi connectivity index (χ0v) is 10.8. The minimum Gasteiger partial charge on any atom is -0.494 e. The van der Waals surface area contributed by atoms with E-state index in [2.05, 4.69) is 10.3 Å². The predicted octanol–water partition coefficient (Wildman–Crippen LogP) is 1.51. The zero-order valence-electron chi connectivity index (χ0n) is 10.8. The fourth-order valence-corrected chi connectivity index (χ4v) is 1.62. The van der Waals surface area contributed by atoms with Crippen LogP contribution in [0.4, 0.5) is 10.5 Å². The number of guanidine groups is 1. The Morgan fingerprint density at radius 1 is 1.33 bits per heavy atom. The van der Waals surface area contributed by atoms with E-state index in [0.717, 1.165) is 16.9 Å². The van der Waals surface area contributed by atoms with Crippen molar-refractivity contribution in [2.75, 3.05) is 11.9 Å². The number of aliphatic imine (C=N–C) groups is 1. The van der Waals surface area contributed by atoms with Crippen LogP contribution in [-0.2, 0) is 0 Å². The molecule has 18 heavy (non-hydrogen) atoms. The van der Waals surface area contributed by atoms with E-state index in [4.69, 9.17) is 16.2 Å². The second kappa shape index (κ2) is 5.90. The number of nitrogens with zero attached hydrogens (tertiary/aromatic N) is 1. The summed E-state index contributed by atoms with van der Waals surface area (Å²) in [5.74, 6) is 0.501. The van der Waals surface area contributed by atoms with Crippen molar-refractivity contribution in [3.05, 3.63) is 23.3 Å². The van der Waals surface area contributed by atoms with Gasteiger partial charge in [0, 0.05) is 5.69 Å². The highest BCUT2D eigenvalue weighted by atomic mass is 16.5. The molecular formula is C12H18N4O2. The molecule has 5 N–H and O–H groups in total. The number of nitrogens with one attached hydrogen (secondary N) is 1. The Hall–Kier alpha value is -2.24. The molecule has 2 amide bonds. The fraction of sp³-hybridized carbons (Fsp3) is 0.333. The van der Waals surface area contributed by atoms with Crippen LogP contribution in [0.2, 0.25) is 0 Å². The SMILES string of the molecule is CCOc1cc(C)c(NC(=O)N=C(N)N)c(C)c1. The quantitative estimate of drug-likeness (QED) is 0.558. The van der Waals surface area contributed by atoms with Crippen LogP contribution in [0.1, 0.15) is 18.1 Å². The molecule has 0 saturated carbocycles. The van der Waals surface area contributed by atoms with Crippen molar-refractivity contribution in [3.8, 4) is 5.75 Å². The molecule has 0 fully saturated rings. The molecule has 0 heterocycles. The van der Waals surface area contributed by atoms with Crippen LogP contribution in [0.25, 0.3) is 0 Å². The number of anilines is 1. The van der Waals surface area contributed by atoms with E-state index >= 15 is 0 Å². The summed E-state index contributed by atoms with van der Waals surface area (Å²) in [6.45, 7) is 6.26. The lowest BCUT2D eigenvalue weighted by atomic mass is 10.1. The van der Waals surface area contributed by atoms with Gasteiger partial charge in [-0.2, -0.15) is 4.99 Å². The molecule has 0 aromatic heterocycles. The summed E-state index contributed by atoms with van der Waals surface area (Å²) < 4.78 is 5.41. The summed E-state index contributed by atoms with van der Waals surface area (Å²) in [6, 6.07) is 3.11. The van der Waals surface area contributed by atoms with E-state index in [9.17, 15) is 4.79 Å². The molecule has 1 aromatic carbocycles. The molecule has 0 aliphatic carbocycles. The Morgan fingerprint density at radius 3 is 2.33 bits per heavy atom. The van der Waals surface area contributed by atoms with Crippen LogP contribution in [0, 0.1) is 13.8 Å². The molecule has 0 aliphatic rings. The Kier molecular flexibility index (Phi) is 4.53. The highest BCUT2D eigenvalue weighted by Crippen LogP contribution is 2.26. The second-order valence-electron chi connectivity index (χ2n) is 3.83. The van der Waals surface area contributed by atoms with Gasteiger partial charge in [-0.3, -0.25) is 0 Å². The topological polar surface area (TPSA) is 103 Å². The van der Waals surface area contributed by atoms with Crippen molar-refractivity contribution in [1.82, 2.24) is 0 Å². The van der Waals surface area contributed by atoms with Crippen molar-refractivity contribution in [2.24, 2.45) is 16.5 Å². The van der Waals surface area contributed by atoms with Gasteiger partial charge in [0.05, 0.1) is 6.61 Å². The van der Waals surface area contributed by atoms with Crippen molar-refractivity contribution >= 4 is 17.7 Å². The number of benzene rings is 1. The number of urea groups is 1. The van der Waals surface area contributed by atoms with Crippen molar-refractivity contribution < 1.29 is 9.53 Å². The zero-order chi connectivity index (χ0) is 13.7. The average molecular weight is 250 g/mol. The van der Waals surface area contributed by atoms with E-state index in [0.29, 0.717) is 12.3 Å². The normalized spacial score (nSPS) is 9.72. The molecule has 0 unspecified atom stereocenters. The molecule has 1 aromatic rings. The lowest BCUT2D eigenvalue weighted by Gasteiger charge is -2.12. The summed E-state index contributed by atoms with van der Waals surface area (Å²) in [4.78, 5) is 14.9. The number of hydrogen-bond acceptors (Lipinski definition) is 2. The number of amides is 2. The summed E-state index contributed by atoms with van der Waals surface area (Å²) in [5.41, 5.74) is 12.7. The van der Waals surface area contributed by atoms with Crippen molar-refractivity contribution in [1.29, 1.82) is 0 Å². The number of carbonyl (C=O) groups is 1. The van der Waals surface area contributed by atoms with Crippen LogP contribution >= 0.6 is 0 Å². The third-order valence-electron chi connectivity index (χ3n) is 2.28. The maximum Gasteiger partial charge on any atom is 0.348 e. The van der Waals surface area contributed by atoms with Gasteiger partial charge in [-0.25, -0.2) is 4.79 Å². The fourth-order valence-electron chi connectivity index (χ4n) is 1.62. The van der Waals surface area contributed by atoms with Crippen molar-refractivity contribution in [3.63, 3.8) is 0 Å². The van der Waals surface area contributed by atoms with Crippen LogP contribution in [0.15, 0.2) is 17.1 Å². The molecule has 0 saturated heterocycles. The predicted molar refractivity (Wildman–Crippen MR) is 71.9 cm³/mol. The van der Waals surface area contributed by atoms with Gasteiger partial charge in [0.2, 0.25) is 0 Å². The van der Waals surface area contributed by atoms with Crippen LogP contribution in [0.5, 0.6) is 5.75 Å².